The summed E-state index contributed by atoms with van der Waals surface area (Å²) in [6.45, 7) is 1.16. The maximum absolute atomic E-state index is 12.9. The summed E-state index contributed by atoms with van der Waals surface area (Å²) in [6, 6.07) is 7.21. The highest BCUT2D eigenvalue weighted by Gasteiger charge is 2.34. The van der Waals surface area contributed by atoms with Gasteiger partial charge in [-0.2, -0.15) is 0 Å². The number of ether oxygens (including phenoxy) is 2. The Morgan fingerprint density at radius 1 is 1.11 bits per heavy atom. The van der Waals surface area contributed by atoms with Crippen LogP contribution in [0.2, 0.25) is 0 Å². The van der Waals surface area contributed by atoms with Crippen LogP contribution in [0.4, 0.5) is 0 Å². The summed E-state index contributed by atoms with van der Waals surface area (Å²) in [7, 11) is 4.77. The van der Waals surface area contributed by atoms with Gasteiger partial charge in [0.2, 0.25) is 11.8 Å². The molecule has 28 heavy (non-hydrogen) atoms. The number of aromatic nitrogens is 1. The molecule has 2 amide bonds. The van der Waals surface area contributed by atoms with Gasteiger partial charge in [0.05, 0.1) is 14.2 Å². The predicted octanol–water partition coefficient (Wildman–Crippen LogP) is 1.98. The number of carbonyl (C=O) groups excluding carboxylic acids is 2. The third-order valence-corrected chi connectivity index (χ3v) is 5.18. The minimum atomic E-state index is -0.519. The smallest absolute Gasteiger partial charge is 0.242 e. The molecule has 2 aromatic rings. The van der Waals surface area contributed by atoms with Crippen LogP contribution in [0.3, 0.4) is 0 Å². The van der Waals surface area contributed by atoms with Crippen molar-refractivity contribution in [1.29, 1.82) is 0 Å². The van der Waals surface area contributed by atoms with Gasteiger partial charge >= 0.3 is 0 Å². The van der Waals surface area contributed by atoms with Crippen molar-refractivity contribution in [1.82, 2.24) is 14.8 Å². The number of aryl methyl sites for hydroxylation is 1. The molecule has 1 N–H and O–H groups in total. The van der Waals surface area contributed by atoms with Gasteiger partial charge in [-0.3, -0.25) is 9.59 Å². The van der Waals surface area contributed by atoms with Gasteiger partial charge in [-0.05, 0) is 41.8 Å². The molecular weight excluding hydrogens is 358 g/mol. The van der Waals surface area contributed by atoms with Crippen LogP contribution in [0.25, 0.3) is 0 Å². The average Bonchev–Trinajstić information content (AvgIpc) is 3.24. The van der Waals surface area contributed by atoms with Crippen molar-refractivity contribution in [2.24, 2.45) is 0 Å². The van der Waals surface area contributed by atoms with Crippen LogP contribution in [0.1, 0.15) is 24.0 Å². The second-order valence-electron chi connectivity index (χ2n) is 6.86. The summed E-state index contributed by atoms with van der Waals surface area (Å²) in [5.41, 5.74) is 1.99. The SMILES string of the molecule is CNC(=O)[C@@H]1Cc2cc(OC)c(OC)cc2CN1C(=O)CCCn1cccc1. The second kappa shape index (κ2) is 8.82. The summed E-state index contributed by atoms with van der Waals surface area (Å²) in [4.78, 5) is 27.1. The first-order valence-electron chi connectivity index (χ1n) is 9.43. The van der Waals surface area contributed by atoms with E-state index in [-0.39, 0.29) is 11.8 Å². The van der Waals surface area contributed by atoms with Gasteiger partial charge in [-0.1, -0.05) is 0 Å². The lowest BCUT2D eigenvalue weighted by Gasteiger charge is -2.36. The molecule has 0 saturated heterocycles. The molecule has 0 spiro atoms. The molecule has 0 bridgehead atoms. The van der Waals surface area contributed by atoms with Gasteiger partial charge in [0, 0.05) is 45.4 Å². The van der Waals surface area contributed by atoms with Crippen molar-refractivity contribution >= 4 is 11.8 Å². The number of rotatable bonds is 7. The van der Waals surface area contributed by atoms with E-state index in [0.717, 1.165) is 24.1 Å². The van der Waals surface area contributed by atoms with Crippen molar-refractivity contribution in [3.63, 3.8) is 0 Å². The first kappa shape index (κ1) is 19.8. The maximum atomic E-state index is 12.9. The predicted molar refractivity (Wildman–Crippen MR) is 105 cm³/mol. The number of amides is 2. The van der Waals surface area contributed by atoms with Gasteiger partial charge in [0.25, 0.3) is 0 Å². The Morgan fingerprint density at radius 3 is 2.36 bits per heavy atom. The fourth-order valence-electron chi connectivity index (χ4n) is 3.65. The van der Waals surface area contributed by atoms with Crippen LogP contribution >= 0.6 is 0 Å². The highest BCUT2D eigenvalue weighted by molar-refractivity contribution is 5.88. The number of methoxy groups -OCH3 is 2. The number of carbonyl (C=O) groups is 2. The zero-order chi connectivity index (χ0) is 20.1. The Balaban J connectivity index is 1.78. The molecule has 0 saturated carbocycles. The van der Waals surface area contributed by atoms with Gasteiger partial charge < -0.3 is 24.3 Å². The standard InChI is InChI=1S/C21H27N3O4/c1-22-21(26)17-11-15-12-18(27-2)19(28-3)13-16(15)14-24(17)20(25)7-6-10-23-8-4-5-9-23/h4-5,8-9,12-13,17H,6-7,10-11,14H2,1-3H3,(H,22,26)/t17-/m0/s1. The summed E-state index contributed by atoms with van der Waals surface area (Å²) in [5, 5.41) is 2.69. The Kier molecular flexibility index (Phi) is 6.23. The van der Waals surface area contributed by atoms with Crippen LogP contribution in [-0.2, 0) is 29.1 Å². The molecular formula is C21H27N3O4. The first-order chi connectivity index (χ1) is 13.6. The highest BCUT2D eigenvalue weighted by atomic mass is 16.5. The zero-order valence-electron chi connectivity index (χ0n) is 16.6. The Labute approximate surface area is 165 Å². The molecule has 1 aromatic heterocycles. The molecule has 1 aromatic carbocycles. The van der Waals surface area contributed by atoms with Crippen molar-refractivity contribution in [3.8, 4) is 11.5 Å². The normalized spacial score (nSPS) is 15.7. The second-order valence-corrected chi connectivity index (χ2v) is 6.86. The summed E-state index contributed by atoms with van der Waals surface area (Å²) < 4.78 is 12.8. The van der Waals surface area contributed by atoms with Crippen LogP contribution in [0.5, 0.6) is 11.5 Å². The quantitative estimate of drug-likeness (QED) is 0.791. The average molecular weight is 385 g/mol. The lowest BCUT2D eigenvalue weighted by Crippen LogP contribution is -2.51. The molecule has 0 fully saturated rings. The van der Waals surface area contributed by atoms with Gasteiger partial charge in [0.1, 0.15) is 6.04 Å². The minimum absolute atomic E-state index is 0.0128. The number of fused-ring (bicyclic) bond motifs is 1. The van der Waals surface area contributed by atoms with Crippen molar-refractivity contribution in [2.75, 3.05) is 21.3 Å². The molecule has 1 aliphatic heterocycles. The number of hydrogen-bond acceptors (Lipinski definition) is 4. The molecule has 1 atom stereocenters. The fraction of sp³-hybridized carbons (Fsp3) is 0.429. The van der Waals surface area contributed by atoms with E-state index in [9.17, 15) is 9.59 Å². The molecule has 0 unspecified atom stereocenters. The van der Waals surface area contributed by atoms with E-state index in [4.69, 9.17) is 9.47 Å². The Bertz CT molecular complexity index is 832. The summed E-state index contributed by atoms with van der Waals surface area (Å²) in [6.07, 6.45) is 5.54. The van der Waals surface area contributed by atoms with Crippen molar-refractivity contribution in [3.05, 3.63) is 47.8 Å². The van der Waals surface area contributed by atoms with E-state index in [0.29, 0.717) is 30.9 Å². The van der Waals surface area contributed by atoms with Crippen molar-refractivity contribution in [2.45, 2.75) is 38.4 Å². The van der Waals surface area contributed by atoms with Crippen LogP contribution in [-0.4, -0.2) is 48.6 Å². The first-order valence-corrected chi connectivity index (χ1v) is 9.43. The lowest BCUT2D eigenvalue weighted by molar-refractivity contribution is -0.141. The van der Waals surface area contributed by atoms with E-state index in [1.807, 2.05) is 41.2 Å². The number of hydrogen-bond donors (Lipinski definition) is 1. The third kappa shape index (κ3) is 4.13. The van der Waals surface area contributed by atoms with E-state index in [1.54, 1.807) is 26.2 Å². The van der Waals surface area contributed by atoms with Crippen LogP contribution < -0.4 is 14.8 Å². The summed E-state index contributed by atoms with van der Waals surface area (Å²) in [5.74, 6) is 1.09. The molecule has 7 nitrogen and oxygen atoms in total. The number of nitrogens with one attached hydrogen (secondary N) is 1. The van der Waals surface area contributed by atoms with Gasteiger partial charge in [-0.25, -0.2) is 0 Å². The summed E-state index contributed by atoms with van der Waals surface area (Å²) >= 11 is 0. The minimum Gasteiger partial charge on any atom is -0.493 e. The van der Waals surface area contributed by atoms with Crippen LogP contribution in [0, 0.1) is 0 Å². The molecule has 7 heteroatoms. The number of nitrogens with zero attached hydrogens (tertiary/aromatic N) is 2. The Hall–Kier alpha value is -2.96. The molecule has 1 aliphatic rings. The zero-order valence-corrected chi connectivity index (χ0v) is 16.6. The van der Waals surface area contributed by atoms with E-state index >= 15 is 0 Å². The third-order valence-electron chi connectivity index (χ3n) is 5.18. The molecule has 3 rings (SSSR count). The largest absolute Gasteiger partial charge is 0.493 e. The van der Waals surface area contributed by atoms with Crippen molar-refractivity contribution < 1.29 is 19.1 Å². The van der Waals surface area contributed by atoms with E-state index in [2.05, 4.69) is 5.32 Å². The van der Waals surface area contributed by atoms with E-state index in [1.165, 1.54) is 0 Å². The molecule has 0 radical (unpaired) electrons. The molecule has 150 valence electrons. The van der Waals surface area contributed by atoms with Gasteiger partial charge in [0.15, 0.2) is 11.5 Å². The molecule has 0 aliphatic carbocycles. The Morgan fingerprint density at radius 2 is 1.75 bits per heavy atom. The molecule has 2 heterocycles. The van der Waals surface area contributed by atoms with E-state index < -0.39 is 6.04 Å². The highest BCUT2D eigenvalue weighted by Crippen LogP contribution is 2.35. The fourth-order valence-corrected chi connectivity index (χ4v) is 3.65. The monoisotopic (exact) mass is 385 g/mol. The number of likely N-dealkylation sites (N-methyl/N-ethyl adjacent to an activating group) is 1. The van der Waals surface area contributed by atoms with Crippen LogP contribution in [0.15, 0.2) is 36.7 Å². The number of benzene rings is 1. The van der Waals surface area contributed by atoms with Gasteiger partial charge in [-0.15, -0.1) is 0 Å². The maximum Gasteiger partial charge on any atom is 0.242 e. The topological polar surface area (TPSA) is 72.8 Å². The lowest BCUT2D eigenvalue weighted by atomic mass is 9.92.